The number of hydrogen-bond donors (Lipinski definition) is 1. The summed E-state index contributed by atoms with van der Waals surface area (Å²) in [6.07, 6.45) is 3.53. The highest BCUT2D eigenvalue weighted by Crippen LogP contribution is 2.38. The van der Waals surface area contributed by atoms with Gasteiger partial charge in [0.1, 0.15) is 0 Å². The van der Waals surface area contributed by atoms with Crippen LogP contribution in [0, 0.1) is 11.8 Å². The van der Waals surface area contributed by atoms with Gasteiger partial charge in [0, 0.05) is 16.3 Å². The summed E-state index contributed by atoms with van der Waals surface area (Å²) >= 11 is 6.10. The average Bonchev–Trinajstić information content (AvgIpc) is 2.86. The van der Waals surface area contributed by atoms with Gasteiger partial charge in [0.05, 0.1) is 6.04 Å². The first-order chi connectivity index (χ1) is 10.0. The Kier molecular flexibility index (Phi) is 3.85. The van der Waals surface area contributed by atoms with E-state index in [9.17, 15) is 0 Å². The number of aromatic nitrogens is 4. The van der Waals surface area contributed by atoms with Crippen molar-refractivity contribution in [2.45, 2.75) is 39.2 Å². The van der Waals surface area contributed by atoms with Gasteiger partial charge < -0.3 is 5.73 Å². The molecule has 0 amide bonds. The van der Waals surface area contributed by atoms with Crippen LogP contribution >= 0.6 is 11.6 Å². The van der Waals surface area contributed by atoms with Crippen molar-refractivity contribution in [1.29, 1.82) is 0 Å². The third kappa shape index (κ3) is 2.88. The number of rotatable bonds is 2. The van der Waals surface area contributed by atoms with E-state index in [4.69, 9.17) is 17.3 Å². The number of hydrogen-bond acceptors (Lipinski definition) is 4. The fourth-order valence-electron chi connectivity index (χ4n) is 3.36. The Morgan fingerprint density at radius 1 is 1.24 bits per heavy atom. The van der Waals surface area contributed by atoms with Gasteiger partial charge in [-0.2, -0.15) is 0 Å². The van der Waals surface area contributed by atoms with Gasteiger partial charge in [-0.25, -0.2) is 4.68 Å². The predicted molar refractivity (Wildman–Crippen MR) is 83.9 cm³/mol. The number of benzene rings is 1. The molecule has 5 nitrogen and oxygen atoms in total. The SMILES string of the molecule is CC1CCC(n2nnnc2-c2cc(N)cc(Cl)c2)C(C)C1. The summed E-state index contributed by atoms with van der Waals surface area (Å²) in [7, 11) is 0. The predicted octanol–water partition coefficient (Wildman–Crippen LogP) is 3.57. The summed E-state index contributed by atoms with van der Waals surface area (Å²) < 4.78 is 1.95. The Bertz CT molecular complexity index is 618. The molecule has 1 aromatic heterocycles. The van der Waals surface area contributed by atoms with Gasteiger partial charge in [-0.1, -0.05) is 25.4 Å². The lowest BCUT2D eigenvalue weighted by molar-refractivity contribution is 0.194. The van der Waals surface area contributed by atoms with E-state index >= 15 is 0 Å². The third-order valence-corrected chi connectivity index (χ3v) is 4.59. The molecule has 1 aliphatic carbocycles. The van der Waals surface area contributed by atoms with E-state index in [1.54, 1.807) is 6.07 Å². The zero-order valence-corrected chi connectivity index (χ0v) is 13.1. The summed E-state index contributed by atoms with van der Waals surface area (Å²) in [5.74, 6) is 2.08. The van der Waals surface area contributed by atoms with Crippen molar-refractivity contribution >= 4 is 17.3 Å². The first kappa shape index (κ1) is 14.3. The van der Waals surface area contributed by atoms with Crippen LogP contribution in [-0.2, 0) is 0 Å². The molecule has 0 saturated heterocycles. The first-order valence-electron chi connectivity index (χ1n) is 7.39. The highest BCUT2D eigenvalue weighted by molar-refractivity contribution is 6.31. The fraction of sp³-hybridized carbons (Fsp3) is 0.533. The van der Waals surface area contributed by atoms with Gasteiger partial charge in [0.25, 0.3) is 0 Å². The van der Waals surface area contributed by atoms with Crippen molar-refractivity contribution in [3.8, 4) is 11.4 Å². The lowest BCUT2D eigenvalue weighted by atomic mass is 9.80. The lowest BCUT2D eigenvalue weighted by Gasteiger charge is -2.32. The Balaban J connectivity index is 1.97. The zero-order chi connectivity index (χ0) is 15.0. The van der Waals surface area contributed by atoms with Crippen molar-refractivity contribution < 1.29 is 0 Å². The van der Waals surface area contributed by atoms with E-state index in [1.807, 2.05) is 16.8 Å². The molecule has 1 aliphatic rings. The summed E-state index contributed by atoms with van der Waals surface area (Å²) in [6.45, 7) is 4.59. The van der Waals surface area contributed by atoms with Crippen LogP contribution in [0.3, 0.4) is 0 Å². The minimum atomic E-state index is 0.339. The number of tetrazole rings is 1. The van der Waals surface area contributed by atoms with Crippen LogP contribution in [0.5, 0.6) is 0 Å². The molecule has 3 unspecified atom stereocenters. The molecule has 0 spiro atoms. The second-order valence-corrected chi connectivity index (χ2v) is 6.62. The topological polar surface area (TPSA) is 69.6 Å². The molecule has 3 atom stereocenters. The van der Waals surface area contributed by atoms with Gasteiger partial charge in [0.2, 0.25) is 0 Å². The van der Waals surface area contributed by atoms with Gasteiger partial charge in [-0.3, -0.25) is 0 Å². The van der Waals surface area contributed by atoms with Crippen LogP contribution in [-0.4, -0.2) is 20.2 Å². The molecule has 1 fully saturated rings. The van der Waals surface area contributed by atoms with Crippen molar-refractivity contribution in [3.05, 3.63) is 23.2 Å². The molecule has 3 rings (SSSR count). The molecule has 21 heavy (non-hydrogen) atoms. The minimum absolute atomic E-state index is 0.339. The smallest absolute Gasteiger partial charge is 0.182 e. The Labute approximate surface area is 129 Å². The van der Waals surface area contributed by atoms with Crippen molar-refractivity contribution in [2.75, 3.05) is 5.73 Å². The number of nitrogens with two attached hydrogens (primary N) is 1. The van der Waals surface area contributed by atoms with Gasteiger partial charge in [0.15, 0.2) is 5.82 Å². The Morgan fingerprint density at radius 3 is 2.76 bits per heavy atom. The maximum absolute atomic E-state index is 6.10. The molecule has 6 heteroatoms. The summed E-state index contributed by atoms with van der Waals surface area (Å²) in [5.41, 5.74) is 7.37. The summed E-state index contributed by atoms with van der Waals surface area (Å²) in [6, 6.07) is 5.79. The summed E-state index contributed by atoms with van der Waals surface area (Å²) in [4.78, 5) is 0. The normalized spacial score (nSPS) is 26.0. The van der Waals surface area contributed by atoms with E-state index in [1.165, 1.54) is 12.8 Å². The second-order valence-electron chi connectivity index (χ2n) is 6.18. The molecule has 0 bridgehead atoms. The van der Waals surface area contributed by atoms with Crippen molar-refractivity contribution in [3.63, 3.8) is 0 Å². The molecule has 1 aromatic carbocycles. The number of anilines is 1. The van der Waals surface area contributed by atoms with Crippen LogP contribution in [0.15, 0.2) is 18.2 Å². The van der Waals surface area contributed by atoms with Crippen LogP contribution in [0.25, 0.3) is 11.4 Å². The monoisotopic (exact) mass is 305 g/mol. The van der Waals surface area contributed by atoms with E-state index < -0.39 is 0 Å². The molecule has 2 aromatic rings. The van der Waals surface area contributed by atoms with Crippen LogP contribution in [0.4, 0.5) is 5.69 Å². The molecule has 1 heterocycles. The number of halogens is 1. The van der Waals surface area contributed by atoms with Crippen LogP contribution < -0.4 is 5.73 Å². The largest absolute Gasteiger partial charge is 0.399 e. The summed E-state index contributed by atoms with van der Waals surface area (Å²) in [5, 5.41) is 12.9. The molecular weight excluding hydrogens is 286 g/mol. The highest BCUT2D eigenvalue weighted by Gasteiger charge is 2.29. The molecule has 2 N–H and O–H groups in total. The Morgan fingerprint density at radius 2 is 2.05 bits per heavy atom. The molecule has 1 saturated carbocycles. The average molecular weight is 306 g/mol. The van der Waals surface area contributed by atoms with E-state index in [2.05, 4.69) is 29.4 Å². The van der Waals surface area contributed by atoms with Gasteiger partial charge in [-0.15, -0.1) is 5.10 Å². The Hall–Kier alpha value is -1.62. The third-order valence-electron chi connectivity index (χ3n) is 4.37. The lowest BCUT2D eigenvalue weighted by Crippen LogP contribution is -2.26. The second kappa shape index (κ2) is 5.64. The van der Waals surface area contributed by atoms with E-state index in [0.29, 0.717) is 22.7 Å². The molecule has 0 radical (unpaired) electrons. The van der Waals surface area contributed by atoms with E-state index in [-0.39, 0.29) is 0 Å². The van der Waals surface area contributed by atoms with Crippen LogP contribution in [0.1, 0.15) is 39.2 Å². The van der Waals surface area contributed by atoms with Crippen LogP contribution in [0.2, 0.25) is 5.02 Å². The fourth-order valence-corrected chi connectivity index (χ4v) is 3.60. The number of nitrogen functional groups attached to an aromatic ring is 1. The maximum atomic E-state index is 6.10. The van der Waals surface area contributed by atoms with Crippen molar-refractivity contribution in [2.24, 2.45) is 11.8 Å². The van der Waals surface area contributed by atoms with E-state index in [0.717, 1.165) is 23.7 Å². The number of nitrogens with zero attached hydrogens (tertiary/aromatic N) is 4. The van der Waals surface area contributed by atoms with Gasteiger partial charge >= 0.3 is 0 Å². The standard InChI is InChI=1S/C15H20ClN5/c1-9-3-4-14(10(2)5-9)21-15(18-19-20-21)11-6-12(16)8-13(17)7-11/h6-10,14H,3-5,17H2,1-2H3. The zero-order valence-electron chi connectivity index (χ0n) is 12.3. The highest BCUT2D eigenvalue weighted by atomic mass is 35.5. The quantitative estimate of drug-likeness (QED) is 0.861. The van der Waals surface area contributed by atoms with Crippen molar-refractivity contribution in [1.82, 2.24) is 20.2 Å². The molecule has 112 valence electrons. The minimum Gasteiger partial charge on any atom is -0.399 e. The molecule has 0 aliphatic heterocycles. The first-order valence-corrected chi connectivity index (χ1v) is 7.76. The van der Waals surface area contributed by atoms with Gasteiger partial charge in [-0.05, 0) is 59.7 Å². The maximum Gasteiger partial charge on any atom is 0.182 e. The molecular formula is C15H20ClN5.